The SMILES string of the molecule is CC1CCC(NC(=O)CC(NC(N)=O)c2ccc(Br)cc2)CC1. The van der Waals surface area contributed by atoms with E-state index in [4.69, 9.17) is 5.73 Å². The molecular formula is C17H24BrN3O2. The third-order valence-corrected chi connectivity index (χ3v) is 4.89. The molecule has 1 aliphatic carbocycles. The van der Waals surface area contributed by atoms with Crippen LogP contribution in [-0.4, -0.2) is 18.0 Å². The van der Waals surface area contributed by atoms with Gasteiger partial charge in [-0.15, -0.1) is 0 Å². The third kappa shape index (κ3) is 5.86. The van der Waals surface area contributed by atoms with Crippen molar-refractivity contribution in [2.24, 2.45) is 11.7 Å². The molecule has 2 rings (SSSR count). The zero-order chi connectivity index (χ0) is 16.8. The van der Waals surface area contributed by atoms with Gasteiger partial charge in [0.25, 0.3) is 0 Å². The topological polar surface area (TPSA) is 84.2 Å². The predicted molar refractivity (Wildman–Crippen MR) is 93.8 cm³/mol. The van der Waals surface area contributed by atoms with Crippen molar-refractivity contribution >= 4 is 27.9 Å². The van der Waals surface area contributed by atoms with E-state index in [1.54, 1.807) is 0 Å². The Kier molecular flexibility index (Phi) is 6.45. The summed E-state index contributed by atoms with van der Waals surface area (Å²) in [6.07, 6.45) is 4.55. The van der Waals surface area contributed by atoms with Gasteiger partial charge in [0.15, 0.2) is 0 Å². The monoisotopic (exact) mass is 381 g/mol. The maximum Gasteiger partial charge on any atom is 0.312 e. The summed E-state index contributed by atoms with van der Waals surface area (Å²) >= 11 is 3.38. The van der Waals surface area contributed by atoms with Gasteiger partial charge in [0.2, 0.25) is 5.91 Å². The second-order valence-corrected chi connectivity index (χ2v) is 7.26. The average Bonchev–Trinajstić information content (AvgIpc) is 2.49. The molecule has 0 radical (unpaired) electrons. The highest BCUT2D eigenvalue weighted by molar-refractivity contribution is 9.10. The summed E-state index contributed by atoms with van der Waals surface area (Å²) in [5.74, 6) is 0.696. The summed E-state index contributed by atoms with van der Waals surface area (Å²) in [4.78, 5) is 23.5. The van der Waals surface area contributed by atoms with E-state index in [-0.39, 0.29) is 18.4 Å². The molecule has 0 heterocycles. The normalized spacial score (nSPS) is 22.2. The van der Waals surface area contributed by atoms with Crippen LogP contribution in [0.2, 0.25) is 0 Å². The number of carbonyl (C=O) groups is 2. The first-order valence-electron chi connectivity index (χ1n) is 8.05. The Morgan fingerprint density at radius 1 is 1.22 bits per heavy atom. The first kappa shape index (κ1) is 17.8. The van der Waals surface area contributed by atoms with Crippen molar-refractivity contribution in [2.45, 2.75) is 51.1 Å². The fraction of sp³-hybridized carbons (Fsp3) is 0.529. The van der Waals surface area contributed by atoms with Crippen LogP contribution in [0, 0.1) is 5.92 Å². The maximum absolute atomic E-state index is 12.3. The third-order valence-electron chi connectivity index (χ3n) is 4.36. The number of nitrogens with one attached hydrogen (secondary N) is 2. The second-order valence-electron chi connectivity index (χ2n) is 6.34. The molecule has 126 valence electrons. The lowest BCUT2D eigenvalue weighted by Gasteiger charge is -2.27. The molecule has 1 fully saturated rings. The van der Waals surface area contributed by atoms with Gasteiger partial charge in [-0.25, -0.2) is 4.79 Å². The maximum atomic E-state index is 12.3. The van der Waals surface area contributed by atoms with E-state index in [1.165, 1.54) is 0 Å². The molecule has 1 atom stereocenters. The highest BCUT2D eigenvalue weighted by Crippen LogP contribution is 2.24. The van der Waals surface area contributed by atoms with Crippen molar-refractivity contribution in [3.05, 3.63) is 34.3 Å². The van der Waals surface area contributed by atoms with Crippen molar-refractivity contribution in [1.29, 1.82) is 0 Å². The average molecular weight is 382 g/mol. The zero-order valence-electron chi connectivity index (χ0n) is 13.3. The molecule has 3 amide bonds. The van der Waals surface area contributed by atoms with E-state index in [9.17, 15) is 9.59 Å². The number of halogens is 1. The lowest BCUT2D eigenvalue weighted by Crippen LogP contribution is -2.41. The van der Waals surface area contributed by atoms with Crippen molar-refractivity contribution in [3.8, 4) is 0 Å². The van der Waals surface area contributed by atoms with Crippen molar-refractivity contribution in [1.82, 2.24) is 10.6 Å². The molecule has 1 aromatic rings. The van der Waals surface area contributed by atoms with E-state index in [0.717, 1.165) is 41.6 Å². The molecule has 1 saturated carbocycles. The summed E-state index contributed by atoms with van der Waals surface area (Å²) in [7, 11) is 0. The van der Waals surface area contributed by atoms with Crippen LogP contribution in [0.5, 0.6) is 0 Å². The van der Waals surface area contributed by atoms with Crippen LogP contribution in [0.3, 0.4) is 0 Å². The van der Waals surface area contributed by atoms with Gasteiger partial charge in [-0.1, -0.05) is 35.0 Å². The Morgan fingerprint density at radius 2 is 1.83 bits per heavy atom. The van der Waals surface area contributed by atoms with Gasteiger partial charge in [0.05, 0.1) is 12.5 Å². The number of benzene rings is 1. The van der Waals surface area contributed by atoms with E-state index in [0.29, 0.717) is 0 Å². The Bertz CT molecular complexity index is 539. The molecule has 0 aromatic heterocycles. The van der Waals surface area contributed by atoms with Gasteiger partial charge in [-0.05, 0) is 49.3 Å². The predicted octanol–water partition coefficient (Wildman–Crippen LogP) is 3.24. The molecule has 1 unspecified atom stereocenters. The van der Waals surface area contributed by atoms with Crippen molar-refractivity contribution in [3.63, 3.8) is 0 Å². The molecule has 6 heteroatoms. The van der Waals surface area contributed by atoms with Crippen LogP contribution in [0.4, 0.5) is 4.79 Å². The number of primary amides is 1. The van der Waals surface area contributed by atoms with E-state index in [2.05, 4.69) is 33.5 Å². The number of urea groups is 1. The number of carbonyl (C=O) groups excluding carboxylic acids is 2. The number of hydrogen-bond acceptors (Lipinski definition) is 2. The summed E-state index contributed by atoms with van der Waals surface area (Å²) < 4.78 is 0.944. The smallest absolute Gasteiger partial charge is 0.312 e. The Morgan fingerprint density at radius 3 is 2.39 bits per heavy atom. The van der Waals surface area contributed by atoms with Gasteiger partial charge in [-0.3, -0.25) is 4.79 Å². The van der Waals surface area contributed by atoms with E-state index >= 15 is 0 Å². The van der Waals surface area contributed by atoms with Crippen LogP contribution < -0.4 is 16.4 Å². The highest BCUT2D eigenvalue weighted by atomic mass is 79.9. The molecule has 4 N–H and O–H groups in total. The summed E-state index contributed by atoms with van der Waals surface area (Å²) in [6.45, 7) is 2.25. The first-order valence-corrected chi connectivity index (χ1v) is 8.84. The highest BCUT2D eigenvalue weighted by Gasteiger charge is 2.22. The minimum Gasteiger partial charge on any atom is -0.353 e. The number of hydrogen-bond donors (Lipinski definition) is 3. The molecule has 0 aliphatic heterocycles. The van der Waals surface area contributed by atoms with Crippen molar-refractivity contribution in [2.75, 3.05) is 0 Å². The Balaban J connectivity index is 1.95. The van der Waals surface area contributed by atoms with Crippen LogP contribution in [0.25, 0.3) is 0 Å². The van der Waals surface area contributed by atoms with Gasteiger partial charge < -0.3 is 16.4 Å². The zero-order valence-corrected chi connectivity index (χ0v) is 14.9. The Hall–Kier alpha value is -1.56. The van der Waals surface area contributed by atoms with Crippen LogP contribution in [-0.2, 0) is 4.79 Å². The number of rotatable bonds is 5. The summed E-state index contributed by atoms with van der Waals surface area (Å²) in [5, 5.41) is 5.74. The second kappa shape index (κ2) is 8.34. The minimum absolute atomic E-state index is 0.0498. The number of nitrogens with two attached hydrogens (primary N) is 1. The molecule has 0 spiro atoms. The van der Waals surface area contributed by atoms with Gasteiger partial charge in [0, 0.05) is 10.5 Å². The molecular weight excluding hydrogens is 358 g/mol. The lowest BCUT2D eigenvalue weighted by molar-refractivity contribution is -0.122. The number of amides is 3. The molecule has 5 nitrogen and oxygen atoms in total. The van der Waals surface area contributed by atoms with E-state index < -0.39 is 12.1 Å². The summed E-state index contributed by atoms with van der Waals surface area (Å²) in [5.41, 5.74) is 6.11. The standard InChI is InChI=1S/C17H24BrN3O2/c1-11-2-8-14(9-3-11)20-16(22)10-15(21-17(19)23)12-4-6-13(18)7-5-12/h4-7,11,14-15H,2-3,8-10H2,1H3,(H,20,22)(H3,19,21,23). The minimum atomic E-state index is -0.628. The van der Waals surface area contributed by atoms with Gasteiger partial charge in [0.1, 0.15) is 0 Å². The lowest BCUT2D eigenvalue weighted by atomic mass is 9.87. The fourth-order valence-electron chi connectivity index (χ4n) is 3.00. The molecule has 1 aliphatic rings. The molecule has 0 saturated heterocycles. The quantitative estimate of drug-likeness (QED) is 0.731. The van der Waals surface area contributed by atoms with E-state index in [1.807, 2.05) is 24.3 Å². The van der Waals surface area contributed by atoms with Crippen molar-refractivity contribution < 1.29 is 9.59 Å². The van der Waals surface area contributed by atoms with Crippen LogP contribution in [0.1, 0.15) is 50.6 Å². The first-order chi connectivity index (χ1) is 10.9. The Labute approximate surface area is 145 Å². The molecule has 23 heavy (non-hydrogen) atoms. The molecule has 0 bridgehead atoms. The fourth-order valence-corrected chi connectivity index (χ4v) is 3.26. The largest absolute Gasteiger partial charge is 0.353 e. The summed E-state index contributed by atoms with van der Waals surface area (Å²) in [6, 6.07) is 6.72. The molecule has 1 aromatic carbocycles. The van der Waals surface area contributed by atoms with Gasteiger partial charge in [-0.2, -0.15) is 0 Å². The van der Waals surface area contributed by atoms with Gasteiger partial charge >= 0.3 is 6.03 Å². The van der Waals surface area contributed by atoms with Crippen LogP contribution in [0.15, 0.2) is 28.7 Å². The van der Waals surface area contributed by atoms with Crippen LogP contribution >= 0.6 is 15.9 Å².